The van der Waals surface area contributed by atoms with Crippen molar-refractivity contribution in [1.82, 2.24) is 0 Å². The number of aryl methyl sites for hydroxylation is 1. The summed E-state index contributed by atoms with van der Waals surface area (Å²) in [4.78, 5) is 0.187. The van der Waals surface area contributed by atoms with Crippen LogP contribution in [0.4, 0.5) is 8.78 Å². The standard InChI is InChI=1S/C19H19BrF2O4S/c20-16-11-15(27(24,25)14-4-5-14)6-7-18(16)26-19-12(3-1-2-8-23)9-13(21)10-17(19)22/h6-7,9-11,14,23H,1-5,8H2. The minimum Gasteiger partial charge on any atom is -0.453 e. The first kappa shape index (κ1) is 20.2. The zero-order valence-electron chi connectivity index (χ0n) is 14.4. The Morgan fingerprint density at radius 3 is 2.52 bits per heavy atom. The molecule has 0 radical (unpaired) electrons. The van der Waals surface area contributed by atoms with Crippen LogP contribution in [0.3, 0.4) is 0 Å². The van der Waals surface area contributed by atoms with Gasteiger partial charge in [0.25, 0.3) is 0 Å². The van der Waals surface area contributed by atoms with Gasteiger partial charge in [0.2, 0.25) is 0 Å². The first-order valence-electron chi connectivity index (χ1n) is 8.63. The van der Waals surface area contributed by atoms with E-state index in [1.165, 1.54) is 24.3 Å². The van der Waals surface area contributed by atoms with Gasteiger partial charge in [-0.15, -0.1) is 0 Å². The largest absolute Gasteiger partial charge is 0.453 e. The highest BCUT2D eigenvalue weighted by Crippen LogP contribution is 2.39. The molecule has 3 rings (SSSR count). The summed E-state index contributed by atoms with van der Waals surface area (Å²) in [5, 5.41) is 8.56. The molecule has 27 heavy (non-hydrogen) atoms. The molecule has 146 valence electrons. The van der Waals surface area contributed by atoms with Crippen molar-refractivity contribution in [3.05, 3.63) is 52.0 Å². The molecule has 4 nitrogen and oxygen atoms in total. The lowest BCUT2D eigenvalue weighted by atomic mass is 10.1. The van der Waals surface area contributed by atoms with Crippen LogP contribution in [-0.4, -0.2) is 25.4 Å². The van der Waals surface area contributed by atoms with E-state index in [1.807, 2.05) is 0 Å². The molecule has 1 fully saturated rings. The van der Waals surface area contributed by atoms with Gasteiger partial charge in [0.05, 0.1) is 14.6 Å². The maximum Gasteiger partial charge on any atom is 0.181 e. The lowest BCUT2D eigenvalue weighted by Crippen LogP contribution is -2.07. The van der Waals surface area contributed by atoms with Crippen LogP contribution < -0.4 is 4.74 Å². The summed E-state index contributed by atoms with van der Waals surface area (Å²) in [7, 11) is -3.35. The van der Waals surface area contributed by atoms with Gasteiger partial charge < -0.3 is 9.84 Å². The maximum atomic E-state index is 14.3. The summed E-state index contributed by atoms with van der Waals surface area (Å²) in [6.07, 6.45) is 2.73. The SMILES string of the molecule is O=S(=O)(c1ccc(Oc2c(F)cc(F)cc2CCCCO)c(Br)c1)C1CC1. The summed E-state index contributed by atoms with van der Waals surface area (Å²) in [5.41, 5.74) is 0.350. The van der Waals surface area contributed by atoms with Crippen molar-refractivity contribution >= 4 is 25.8 Å². The Labute approximate surface area is 165 Å². The zero-order valence-corrected chi connectivity index (χ0v) is 16.8. The zero-order chi connectivity index (χ0) is 19.6. The molecule has 0 atom stereocenters. The number of unbranched alkanes of at least 4 members (excludes halogenated alkanes) is 1. The molecule has 0 saturated heterocycles. The smallest absolute Gasteiger partial charge is 0.181 e. The molecule has 0 heterocycles. The van der Waals surface area contributed by atoms with E-state index >= 15 is 0 Å². The highest BCUT2D eigenvalue weighted by atomic mass is 79.9. The van der Waals surface area contributed by atoms with Gasteiger partial charge in [-0.25, -0.2) is 17.2 Å². The van der Waals surface area contributed by atoms with Crippen LogP contribution >= 0.6 is 15.9 Å². The third kappa shape index (κ3) is 4.67. The van der Waals surface area contributed by atoms with E-state index in [9.17, 15) is 17.2 Å². The lowest BCUT2D eigenvalue weighted by Gasteiger charge is -2.14. The Balaban J connectivity index is 1.88. The van der Waals surface area contributed by atoms with Gasteiger partial charge in [0.15, 0.2) is 21.4 Å². The fourth-order valence-electron chi connectivity index (χ4n) is 2.76. The number of aliphatic hydroxyl groups excluding tert-OH is 1. The van der Waals surface area contributed by atoms with Crippen molar-refractivity contribution in [1.29, 1.82) is 0 Å². The van der Waals surface area contributed by atoms with Crippen molar-refractivity contribution in [2.75, 3.05) is 6.61 Å². The quantitative estimate of drug-likeness (QED) is 0.576. The normalized spacial score (nSPS) is 14.4. The Hall–Kier alpha value is -1.51. The average Bonchev–Trinajstić information content (AvgIpc) is 3.44. The van der Waals surface area contributed by atoms with Gasteiger partial charge in [0.1, 0.15) is 11.6 Å². The fourth-order valence-corrected chi connectivity index (χ4v) is 5.06. The maximum absolute atomic E-state index is 14.3. The number of aliphatic hydroxyl groups is 1. The van der Waals surface area contributed by atoms with Crippen LogP contribution in [0.25, 0.3) is 0 Å². The number of sulfone groups is 1. The lowest BCUT2D eigenvalue weighted by molar-refractivity contribution is 0.284. The molecule has 0 unspecified atom stereocenters. The number of hydrogen-bond donors (Lipinski definition) is 1. The molecule has 2 aromatic carbocycles. The van der Waals surface area contributed by atoms with E-state index in [-0.39, 0.29) is 28.3 Å². The van der Waals surface area contributed by atoms with Crippen LogP contribution in [0.2, 0.25) is 0 Å². The van der Waals surface area contributed by atoms with E-state index in [4.69, 9.17) is 9.84 Å². The summed E-state index contributed by atoms with van der Waals surface area (Å²) >= 11 is 3.28. The van der Waals surface area contributed by atoms with Crippen LogP contribution in [0.1, 0.15) is 31.2 Å². The fraction of sp³-hybridized carbons (Fsp3) is 0.368. The molecule has 8 heteroatoms. The number of halogens is 3. The predicted molar refractivity (Wildman–Crippen MR) is 101 cm³/mol. The highest BCUT2D eigenvalue weighted by molar-refractivity contribution is 9.10. The molecule has 0 bridgehead atoms. The molecule has 0 aliphatic heterocycles. The summed E-state index contributed by atoms with van der Waals surface area (Å²) in [5.74, 6) is -1.41. The Bertz CT molecular complexity index is 943. The van der Waals surface area contributed by atoms with Crippen molar-refractivity contribution in [3.8, 4) is 11.5 Å². The Morgan fingerprint density at radius 1 is 1.15 bits per heavy atom. The van der Waals surface area contributed by atoms with Gasteiger partial charge in [0, 0.05) is 18.2 Å². The third-order valence-corrected chi connectivity index (χ3v) is 7.23. The van der Waals surface area contributed by atoms with Gasteiger partial charge >= 0.3 is 0 Å². The highest BCUT2D eigenvalue weighted by Gasteiger charge is 2.37. The van der Waals surface area contributed by atoms with Crippen LogP contribution in [0.5, 0.6) is 11.5 Å². The number of rotatable bonds is 8. The Morgan fingerprint density at radius 2 is 1.89 bits per heavy atom. The van der Waals surface area contributed by atoms with Gasteiger partial charge in [-0.1, -0.05) is 0 Å². The van der Waals surface area contributed by atoms with Gasteiger partial charge in [-0.2, -0.15) is 0 Å². The molecule has 0 spiro atoms. The van der Waals surface area contributed by atoms with E-state index in [0.717, 1.165) is 6.07 Å². The van der Waals surface area contributed by atoms with Crippen molar-refractivity contribution in [2.24, 2.45) is 0 Å². The Kier molecular flexibility index (Phi) is 6.18. The van der Waals surface area contributed by atoms with E-state index in [1.54, 1.807) is 0 Å². The predicted octanol–water partition coefficient (Wildman–Crippen LogP) is 4.77. The third-order valence-electron chi connectivity index (χ3n) is 4.35. The minimum absolute atomic E-state index is 0.00351. The molecular formula is C19H19BrF2O4S. The molecule has 0 aromatic heterocycles. The van der Waals surface area contributed by atoms with E-state index in [2.05, 4.69) is 15.9 Å². The molecule has 2 aromatic rings. The average molecular weight is 461 g/mol. The molecule has 1 aliphatic carbocycles. The second-order valence-electron chi connectivity index (χ2n) is 6.50. The van der Waals surface area contributed by atoms with Gasteiger partial charge in [-0.3, -0.25) is 0 Å². The second-order valence-corrected chi connectivity index (χ2v) is 9.58. The summed E-state index contributed by atoms with van der Waals surface area (Å²) in [6, 6.07) is 6.27. The number of ether oxygens (including phenoxy) is 1. The molecular weight excluding hydrogens is 442 g/mol. The van der Waals surface area contributed by atoms with E-state index in [0.29, 0.717) is 42.1 Å². The topological polar surface area (TPSA) is 63.6 Å². The minimum atomic E-state index is -3.35. The molecule has 0 amide bonds. The number of benzene rings is 2. The van der Waals surface area contributed by atoms with E-state index < -0.39 is 21.5 Å². The van der Waals surface area contributed by atoms with Crippen LogP contribution in [0, 0.1) is 11.6 Å². The molecule has 1 saturated carbocycles. The molecule has 1 N–H and O–H groups in total. The monoisotopic (exact) mass is 460 g/mol. The van der Waals surface area contributed by atoms with Crippen LogP contribution in [-0.2, 0) is 16.3 Å². The first-order valence-corrected chi connectivity index (χ1v) is 11.0. The van der Waals surface area contributed by atoms with Crippen molar-refractivity contribution in [2.45, 2.75) is 42.2 Å². The van der Waals surface area contributed by atoms with Crippen molar-refractivity contribution in [3.63, 3.8) is 0 Å². The number of hydrogen-bond acceptors (Lipinski definition) is 4. The van der Waals surface area contributed by atoms with Crippen molar-refractivity contribution < 1.29 is 27.0 Å². The summed E-state index contributed by atoms with van der Waals surface area (Å²) in [6.45, 7) is -0.00351. The van der Waals surface area contributed by atoms with Crippen LogP contribution in [0.15, 0.2) is 39.7 Å². The second kappa shape index (κ2) is 8.24. The first-order chi connectivity index (χ1) is 12.8. The van der Waals surface area contributed by atoms with Gasteiger partial charge in [-0.05, 0) is 72.3 Å². The summed E-state index contributed by atoms with van der Waals surface area (Å²) < 4.78 is 58.5. The molecule has 1 aliphatic rings.